The maximum atomic E-state index is 12.3. The van der Waals surface area contributed by atoms with Crippen molar-refractivity contribution in [1.82, 2.24) is 10.6 Å². The number of rotatable bonds is 7. The van der Waals surface area contributed by atoms with Crippen molar-refractivity contribution in [1.29, 1.82) is 0 Å². The molecule has 0 aliphatic carbocycles. The summed E-state index contributed by atoms with van der Waals surface area (Å²) in [7, 11) is 0. The second-order valence-corrected chi connectivity index (χ2v) is 6.53. The van der Waals surface area contributed by atoms with Crippen LogP contribution in [0.1, 0.15) is 37.6 Å². The molecule has 0 heterocycles. The molecule has 4 amide bonds. The van der Waals surface area contributed by atoms with Gasteiger partial charge < -0.3 is 15.8 Å². The van der Waals surface area contributed by atoms with E-state index in [9.17, 15) is 19.2 Å². The van der Waals surface area contributed by atoms with Crippen molar-refractivity contribution in [3.05, 3.63) is 34.9 Å². The smallest absolute Gasteiger partial charge is 0.329 e. The Morgan fingerprint density at radius 3 is 2.19 bits per heavy atom. The van der Waals surface area contributed by atoms with Gasteiger partial charge in [-0.3, -0.25) is 14.9 Å². The number of primary amides is 1. The van der Waals surface area contributed by atoms with Crippen molar-refractivity contribution in [2.24, 2.45) is 11.7 Å². The van der Waals surface area contributed by atoms with Gasteiger partial charge in [0.15, 0.2) is 6.10 Å². The number of carbonyl (C=O) groups is 4. The molecule has 0 unspecified atom stereocenters. The van der Waals surface area contributed by atoms with Crippen molar-refractivity contribution >= 4 is 35.4 Å². The molecule has 0 aliphatic heterocycles. The number of nitrogens with two attached hydrogens (primary N) is 1. The summed E-state index contributed by atoms with van der Waals surface area (Å²) in [5.74, 6) is -2.03. The fourth-order valence-corrected chi connectivity index (χ4v) is 2.19. The number of benzene rings is 1. The number of ether oxygens (including phenoxy) is 1. The number of amides is 4. The van der Waals surface area contributed by atoms with Gasteiger partial charge in [0.2, 0.25) is 0 Å². The standard InChI is InChI=1S/C17H22ClN3O5/c1-9(2)8-13(16(24)26-10(3)14(22)21-17(19)25)20-15(23)11-4-6-12(18)7-5-11/h4-7,9-10,13H,8H2,1-3H3,(H,20,23)(H3,19,21,22,25)/t10-,13-/m1/s1. The number of imide groups is 1. The molecule has 0 saturated heterocycles. The molecule has 0 aliphatic rings. The van der Waals surface area contributed by atoms with Gasteiger partial charge >= 0.3 is 12.0 Å². The zero-order chi connectivity index (χ0) is 19.9. The molecule has 26 heavy (non-hydrogen) atoms. The molecule has 1 aromatic rings. The first-order valence-electron chi connectivity index (χ1n) is 7.97. The third-order valence-corrected chi connectivity index (χ3v) is 3.56. The number of hydrogen-bond acceptors (Lipinski definition) is 5. The first-order valence-corrected chi connectivity index (χ1v) is 8.35. The minimum atomic E-state index is -1.24. The van der Waals surface area contributed by atoms with Gasteiger partial charge in [-0.1, -0.05) is 25.4 Å². The summed E-state index contributed by atoms with van der Waals surface area (Å²) in [5.41, 5.74) is 5.18. The van der Waals surface area contributed by atoms with Crippen LogP contribution < -0.4 is 16.4 Å². The van der Waals surface area contributed by atoms with Crippen LogP contribution in [-0.4, -0.2) is 36.0 Å². The molecular weight excluding hydrogens is 362 g/mol. The molecule has 0 radical (unpaired) electrons. The van der Waals surface area contributed by atoms with Crippen LogP contribution >= 0.6 is 11.6 Å². The minimum Gasteiger partial charge on any atom is -0.451 e. The SMILES string of the molecule is CC(C)C[C@@H](NC(=O)c1ccc(Cl)cc1)C(=O)O[C@H](C)C(=O)NC(N)=O. The van der Waals surface area contributed by atoms with E-state index in [-0.39, 0.29) is 5.92 Å². The first-order chi connectivity index (χ1) is 12.1. The first kappa shape index (κ1) is 21.4. The van der Waals surface area contributed by atoms with E-state index in [1.165, 1.54) is 19.1 Å². The maximum Gasteiger partial charge on any atom is 0.329 e. The summed E-state index contributed by atoms with van der Waals surface area (Å²) in [6.45, 7) is 5.04. The fourth-order valence-electron chi connectivity index (χ4n) is 2.06. The summed E-state index contributed by atoms with van der Waals surface area (Å²) in [4.78, 5) is 47.0. The highest BCUT2D eigenvalue weighted by atomic mass is 35.5. The van der Waals surface area contributed by atoms with E-state index in [1.54, 1.807) is 12.1 Å². The van der Waals surface area contributed by atoms with Crippen molar-refractivity contribution in [3.63, 3.8) is 0 Å². The van der Waals surface area contributed by atoms with Gasteiger partial charge in [-0.05, 0) is 43.5 Å². The summed E-state index contributed by atoms with van der Waals surface area (Å²) in [6.07, 6.45) is -0.931. The largest absolute Gasteiger partial charge is 0.451 e. The Kier molecular flexibility index (Phi) is 8.05. The molecule has 0 aromatic heterocycles. The van der Waals surface area contributed by atoms with E-state index in [2.05, 4.69) is 5.32 Å². The average molecular weight is 384 g/mol. The molecule has 9 heteroatoms. The number of carbonyl (C=O) groups excluding carboxylic acids is 4. The quantitative estimate of drug-likeness (QED) is 0.616. The molecule has 2 atom stereocenters. The summed E-state index contributed by atoms with van der Waals surface area (Å²) in [5, 5.41) is 4.89. The van der Waals surface area contributed by atoms with E-state index in [4.69, 9.17) is 22.1 Å². The van der Waals surface area contributed by atoms with Crippen molar-refractivity contribution in [2.75, 3.05) is 0 Å². The van der Waals surface area contributed by atoms with Crippen LogP contribution in [-0.2, 0) is 14.3 Å². The lowest BCUT2D eigenvalue weighted by Gasteiger charge is -2.21. The minimum absolute atomic E-state index is 0.0767. The molecule has 4 N–H and O–H groups in total. The van der Waals surface area contributed by atoms with Gasteiger partial charge in [-0.15, -0.1) is 0 Å². The van der Waals surface area contributed by atoms with E-state index >= 15 is 0 Å². The molecule has 0 fully saturated rings. The molecule has 0 saturated carbocycles. The number of halogens is 1. The highest BCUT2D eigenvalue weighted by Crippen LogP contribution is 2.12. The lowest BCUT2D eigenvalue weighted by Crippen LogP contribution is -2.47. The Labute approximate surface area is 156 Å². The molecule has 0 bridgehead atoms. The molecular formula is C17H22ClN3O5. The van der Waals surface area contributed by atoms with Gasteiger partial charge in [-0.2, -0.15) is 0 Å². The van der Waals surface area contributed by atoms with Crippen LogP contribution in [0.15, 0.2) is 24.3 Å². The number of urea groups is 1. The maximum absolute atomic E-state index is 12.3. The van der Waals surface area contributed by atoms with Gasteiger partial charge in [0.05, 0.1) is 0 Å². The van der Waals surface area contributed by atoms with Gasteiger partial charge in [0.1, 0.15) is 6.04 Å². The highest BCUT2D eigenvalue weighted by Gasteiger charge is 2.27. The van der Waals surface area contributed by atoms with Crippen molar-refractivity contribution < 1.29 is 23.9 Å². The third kappa shape index (κ3) is 7.10. The summed E-state index contributed by atoms with van der Waals surface area (Å²) in [6, 6.07) is 4.16. The average Bonchev–Trinajstić information content (AvgIpc) is 2.53. The predicted molar refractivity (Wildman–Crippen MR) is 95.4 cm³/mol. The van der Waals surface area contributed by atoms with Crippen LogP contribution in [0.5, 0.6) is 0 Å². The molecule has 1 aromatic carbocycles. The third-order valence-electron chi connectivity index (χ3n) is 3.31. The Balaban J connectivity index is 2.80. The molecule has 1 rings (SSSR count). The predicted octanol–water partition coefficient (Wildman–Crippen LogP) is 1.61. The molecule has 8 nitrogen and oxygen atoms in total. The van der Waals surface area contributed by atoms with Crippen LogP contribution in [0.2, 0.25) is 5.02 Å². The number of nitrogens with one attached hydrogen (secondary N) is 2. The van der Waals surface area contributed by atoms with E-state index < -0.39 is 36.0 Å². The lowest BCUT2D eigenvalue weighted by molar-refractivity contribution is -0.156. The highest BCUT2D eigenvalue weighted by molar-refractivity contribution is 6.30. The second-order valence-electron chi connectivity index (χ2n) is 6.10. The van der Waals surface area contributed by atoms with Crippen LogP contribution in [0, 0.1) is 5.92 Å². The van der Waals surface area contributed by atoms with E-state index in [0.717, 1.165) is 0 Å². The van der Waals surface area contributed by atoms with Gasteiger partial charge in [0, 0.05) is 10.6 Å². The Hall–Kier alpha value is -2.61. The Morgan fingerprint density at radius 1 is 1.12 bits per heavy atom. The normalized spacial score (nSPS) is 12.8. The topological polar surface area (TPSA) is 128 Å². The van der Waals surface area contributed by atoms with Crippen LogP contribution in [0.3, 0.4) is 0 Å². The monoisotopic (exact) mass is 383 g/mol. The van der Waals surface area contributed by atoms with Crippen LogP contribution in [0.4, 0.5) is 4.79 Å². The second kappa shape index (κ2) is 9.76. The van der Waals surface area contributed by atoms with Crippen molar-refractivity contribution in [3.8, 4) is 0 Å². The molecule has 0 spiro atoms. The fraction of sp³-hybridized carbons (Fsp3) is 0.412. The van der Waals surface area contributed by atoms with Crippen molar-refractivity contribution in [2.45, 2.75) is 39.3 Å². The van der Waals surface area contributed by atoms with E-state index in [0.29, 0.717) is 17.0 Å². The number of hydrogen-bond donors (Lipinski definition) is 3. The van der Waals surface area contributed by atoms with Gasteiger partial charge in [-0.25, -0.2) is 9.59 Å². The lowest BCUT2D eigenvalue weighted by atomic mass is 10.0. The van der Waals surface area contributed by atoms with Gasteiger partial charge in [0.25, 0.3) is 11.8 Å². The number of esters is 1. The summed E-state index contributed by atoms with van der Waals surface area (Å²) < 4.78 is 5.04. The molecule has 142 valence electrons. The van der Waals surface area contributed by atoms with Crippen LogP contribution in [0.25, 0.3) is 0 Å². The zero-order valence-corrected chi connectivity index (χ0v) is 15.5. The Bertz CT molecular complexity index is 675. The summed E-state index contributed by atoms with van der Waals surface area (Å²) >= 11 is 5.79. The zero-order valence-electron chi connectivity index (χ0n) is 14.7. The Morgan fingerprint density at radius 2 is 1.69 bits per heavy atom. The van der Waals surface area contributed by atoms with E-state index in [1.807, 2.05) is 19.2 Å².